The van der Waals surface area contributed by atoms with Crippen molar-refractivity contribution in [2.24, 2.45) is 35.5 Å². The third-order valence-electron chi connectivity index (χ3n) is 16.8. The lowest BCUT2D eigenvalue weighted by atomic mass is 9.81. The van der Waals surface area contributed by atoms with Crippen molar-refractivity contribution in [3.63, 3.8) is 0 Å². The fraction of sp³-hybridized carbons (Fsp3) is 0.688. The number of likely N-dealkylation sites (N-methyl/N-ethyl adjacent to an activating group) is 1. The number of carboxylic acid groups (broad SMARTS) is 1. The summed E-state index contributed by atoms with van der Waals surface area (Å²) in [4.78, 5) is 156. The van der Waals surface area contributed by atoms with Crippen LogP contribution in [0.15, 0.2) is 23.6 Å². The third kappa shape index (κ3) is 23.5. The Labute approximate surface area is 537 Å². The number of amides is 4. The van der Waals surface area contributed by atoms with E-state index in [4.69, 9.17) is 18.9 Å². The second kappa shape index (κ2) is 36.4. The Morgan fingerprint density at radius 2 is 1.47 bits per heavy atom. The first-order valence-electron chi connectivity index (χ1n) is 30.9. The first kappa shape index (κ1) is 75.9. The van der Waals surface area contributed by atoms with E-state index in [-0.39, 0.29) is 141 Å². The van der Waals surface area contributed by atoms with E-state index in [9.17, 15) is 57.8 Å². The Balaban J connectivity index is 1.62. The van der Waals surface area contributed by atoms with Gasteiger partial charge in [-0.05, 0) is 96.0 Å². The second-order valence-electron chi connectivity index (χ2n) is 24.8. The highest BCUT2D eigenvalue weighted by molar-refractivity contribution is 8.20. The van der Waals surface area contributed by atoms with Gasteiger partial charge < -0.3 is 44.9 Å². The van der Waals surface area contributed by atoms with E-state index >= 15 is 0 Å². The van der Waals surface area contributed by atoms with Crippen molar-refractivity contribution in [1.29, 1.82) is 0 Å². The third-order valence-corrected chi connectivity index (χ3v) is 20.8. The molecule has 2 aromatic rings. The number of hydrogen-bond donors (Lipinski definition) is 4. The van der Waals surface area contributed by atoms with Gasteiger partial charge in [0.2, 0.25) is 17.7 Å². The fourth-order valence-corrected chi connectivity index (χ4v) is 14.4. The van der Waals surface area contributed by atoms with Crippen molar-refractivity contribution < 1.29 is 76.8 Å². The average molecular weight is 1300 g/mol. The molecule has 2 aliphatic rings. The molecule has 4 amide bonds. The summed E-state index contributed by atoms with van der Waals surface area (Å²) in [6, 6.07) is 2.25. The molecule has 25 heteroatoms. The van der Waals surface area contributed by atoms with Crippen LogP contribution in [0.2, 0.25) is 0 Å². The van der Waals surface area contributed by atoms with E-state index in [0.717, 1.165) is 11.3 Å². The summed E-state index contributed by atoms with van der Waals surface area (Å²) in [5.74, 6) is -8.18. The predicted octanol–water partition coefficient (Wildman–Crippen LogP) is 8.31. The Hall–Kier alpha value is -5.60. The average Bonchev–Trinajstić information content (AvgIpc) is 2.31. The summed E-state index contributed by atoms with van der Waals surface area (Å²) in [7, 11) is 5.33. The van der Waals surface area contributed by atoms with Crippen LogP contribution in [0.1, 0.15) is 174 Å². The van der Waals surface area contributed by atoms with Crippen LogP contribution in [-0.4, -0.2) is 171 Å². The molecule has 0 bridgehead atoms. The van der Waals surface area contributed by atoms with Gasteiger partial charge in [-0.3, -0.25) is 57.6 Å². The Bertz CT molecular complexity index is 2790. The molecule has 1 saturated heterocycles. The van der Waals surface area contributed by atoms with Crippen LogP contribution in [0.3, 0.4) is 0 Å². The minimum atomic E-state index is -1.12. The maximum absolute atomic E-state index is 14.5. The number of aromatic nitrogens is 1. The molecule has 0 saturated carbocycles. The van der Waals surface area contributed by atoms with Crippen molar-refractivity contribution in [1.82, 2.24) is 25.4 Å². The number of ketones is 4. The first-order valence-corrected chi connectivity index (χ1v) is 33.9. The van der Waals surface area contributed by atoms with E-state index in [2.05, 4.69) is 20.9 Å². The van der Waals surface area contributed by atoms with Gasteiger partial charge in [0.25, 0.3) is 5.91 Å². The van der Waals surface area contributed by atoms with Gasteiger partial charge in [0.15, 0.2) is 23.4 Å². The molecule has 496 valence electrons. The molecule has 22 nitrogen and oxygen atoms in total. The molecule has 5 unspecified atom stereocenters. The van der Waals surface area contributed by atoms with Gasteiger partial charge in [-0.25, -0.2) is 4.98 Å². The summed E-state index contributed by atoms with van der Waals surface area (Å²) >= 11 is 3.96. The number of hydrogen-bond acceptors (Lipinski definition) is 20. The molecule has 2 aliphatic heterocycles. The predicted molar refractivity (Wildman–Crippen MR) is 343 cm³/mol. The van der Waals surface area contributed by atoms with Gasteiger partial charge in [-0.2, -0.15) is 0 Å². The molecule has 0 radical (unpaired) electrons. The lowest BCUT2D eigenvalue weighted by molar-refractivity contribution is -0.150. The zero-order valence-electron chi connectivity index (χ0n) is 54.4. The maximum atomic E-state index is 14.5. The van der Waals surface area contributed by atoms with E-state index in [0.29, 0.717) is 29.9 Å². The van der Waals surface area contributed by atoms with Gasteiger partial charge in [-0.1, -0.05) is 61.0 Å². The number of carbonyl (C=O) groups is 11. The molecule has 4 rings (SSSR count). The number of nitrogens with one attached hydrogen (secondary N) is 3. The number of carboxylic acids is 1. The lowest BCUT2D eigenvalue weighted by Crippen LogP contribution is -2.50. The number of benzene rings is 1. The maximum Gasteiger partial charge on any atom is 0.313 e. The van der Waals surface area contributed by atoms with Gasteiger partial charge in [0, 0.05) is 100 Å². The standard InChI is InChI=1S/C64H96N6O16S3/c1-15-38(6)45(32-54(75)64(10,11)69(12)13)62(80)70(14)48(37(4)5)33-53(85-41(9)71)61-68-47(34-87-61)60(79)66-43(28-39(7)63(81)82)29-42-20-21-52-46(30-42)67-59(78)44(36(2)3)31-51(74)40(8)65-55(76)22-26-83-24-16-18-49(72)57-58(89-35-88-57)50(73)19-17-25-84-27-23-56(77)86-52/h20-21,30,34,36-40,43-45,48,53,57-58H,15-19,22-29,31-33,35H2,1-14H3,(H,65,76)(H,66,79)(H,67,78)(H,81,82)/t38-,39?,40?,43+,44?,45-,48+,53+,57?,58?/m0/s1. The number of Topliss-reactive ketones (excluding diaryl/α,β-unsaturated/α-hetero) is 4. The topological polar surface area (TPSA) is 300 Å². The number of fused-ring (bicyclic) bond motifs is 2. The number of rotatable bonds is 21. The largest absolute Gasteiger partial charge is 0.481 e. The summed E-state index contributed by atoms with van der Waals surface area (Å²) in [5.41, 5.74) is -0.344. The summed E-state index contributed by atoms with van der Waals surface area (Å²) in [6.07, 6.45) is 0.419. The van der Waals surface area contributed by atoms with Gasteiger partial charge >= 0.3 is 17.9 Å². The van der Waals surface area contributed by atoms with Crippen LogP contribution in [-0.2, 0) is 68.6 Å². The lowest BCUT2D eigenvalue weighted by Gasteiger charge is -2.38. The van der Waals surface area contributed by atoms with E-state index in [1.54, 1.807) is 31.9 Å². The van der Waals surface area contributed by atoms with Gasteiger partial charge in [0.1, 0.15) is 22.3 Å². The molecule has 1 aromatic heterocycles. The molecule has 4 N–H and O–H groups in total. The minimum absolute atomic E-state index is 0.000236. The molecule has 3 heterocycles. The highest BCUT2D eigenvalue weighted by atomic mass is 32.2. The van der Waals surface area contributed by atoms with Crippen molar-refractivity contribution in [2.75, 3.05) is 58.0 Å². The van der Waals surface area contributed by atoms with Gasteiger partial charge in [0.05, 0.1) is 53.3 Å². The summed E-state index contributed by atoms with van der Waals surface area (Å²) in [6.45, 7) is 19.6. The first-order chi connectivity index (χ1) is 41.9. The van der Waals surface area contributed by atoms with Crippen LogP contribution in [0, 0.1) is 35.5 Å². The number of thiazole rings is 1. The smallest absolute Gasteiger partial charge is 0.313 e. The van der Waals surface area contributed by atoms with Crippen LogP contribution in [0.25, 0.3) is 0 Å². The zero-order valence-corrected chi connectivity index (χ0v) is 56.8. The monoisotopic (exact) mass is 1300 g/mol. The van der Waals surface area contributed by atoms with Gasteiger partial charge in [-0.15, -0.1) is 34.9 Å². The Kier molecular flexibility index (Phi) is 31.1. The highest BCUT2D eigenvalue weighted by Crippen LogP contribution is 2.40. The van der Waals surface area contributed by atoms with Crippen LogP contribution >= 0.6 is 34.9 Å². The number of thioether (sulfide) groups is 2. The second-order valence-corrected chi connectivity index (χ2v) is 28.4. The molecule has 0 aliphatic carbocycles. The Morgan fingerprint density at radius 1 is 0.854 bits per heavy atom. The van der Waals surface area contributed by atoms with Crippen molar-refractivity contribution in [3.05, 3.63) is 39.8 Å². The van der Waals surface area contributed by atoms with E-state index < -0.39 is 105 Å². The molecule has 1 aromatic carbocycles. The SMILES string of the molecule is CC[C@H](C)[C@H](CC(=O)C(C)(C)N(C)C)C(=O)N(C)[C@H](C[C@@H](OC(C)=O)c1nc(C(=O)N[C@@H](Cc2ccc3c(c2)NC(=O)C(C(C)C)CC(=O)C(C)NC(=O)CCOCCCC(=O)C2SCSC2C(=O)CCCOCCC(=O)O3)CC(C)C(=O)O)cs1)C(C)C. The van der Waals surface area contributed by atoms with Crippen LogP contribution in [0.4, 0.5) is 5.69 Å². The summed E-state index contributed by atoms with van der Waals surface area (Å²) in [5, 5.41) is 20.0. The Morgan fingerprint density at radius 3 is 2.03 bits per heavy atom. The zero-order chi connectivity index (χ0) is 66.4. The van der Waals surface area contributed by atoms with E-state index in [1.165, 1.54) is 61.8 Å². The number of carbonyl (C=O) groups excluding carboxylic acids is 10. The van der Waals surface area contributed by atoms with Crippen molar-refractivity contribution in [2.45, 2.75) is 193 Å². The molecular weight excluding hydrogens is 1200 g/mol. The molecule has 0 spiro atoms. The quantitative estimate of drug-likeness (QED) is 0.0674. The highest BCUT2D eigenvalue weighted by Gasteiger charge is 2.41. The van der Waals surface area contributed by atoms with Crippen LogP contribution < -0.4 is 20.7 Å². The number of aliphatic carboxylic acids is 1. The summed E-state index contributed by atoms with van der Waals surface area (Å²) < 4.78 is 23.0. The molecule has 89 heavy (non-hydrogen) atoms. The minimum Gasteiger partial charge on any atom is -0.481 e. The van der Waals surface area contributed by atoms with Crippen molar-refractivity contribution >= 4 is 105 Å². The number of anilines is 1. The molecular formula is C64H96N6O16S3. The number of ether oxygens (including phenoxy) is 4. The van der Waals surface area contributed by atoms with Crippen LogP contribution in [0.5, 0.6) is 5.75 Å². The molecule has 10 atom stereocenters. The van der Waals surface area contributed by atoms with E-state index in [1.807, 2.05) is 60.5 Å². The number of nitrogens with zero attached hydrogens (tertiary/aromatic N) is 3. The van der Waals surface area contributed by atoms with Crippen molar-refractivity contribution in [3.8, 4) is 5.75 Å². The number of esters is 2. The fourth-order valence-electron chi connectivity index (χ4n) is 10.3. The molecule has 1 fully saturated rings. The normalized spacial score (nSPS) is 21.6.